The van der Waals surface area contributed by atoms with Crippen molar-refractivity contribution in [3.63, 3.8) is 0 Å². The molecule has 0 aromatic carbocycles. The topological polar surface area (TPSA) is 46.3 Å². The number of amides is 1. The highest BCUT2D eigenvalue weighted by Gasteiger charge is 2.52. The highest BCUT2D eigenvalue weighted by atomic mass is 16.1. The van der Waals surface area contributed by atoms with Gasteiger partial charge in [-0.15, -0.1) is 0 Å². The Morgan fingerprint density at radius 2 is 2.20 bits per heavy atom. The van der Waals surface area contributed by atoms with Crippen LogP contribution in [0.4, 0.5) is 0 Å². The number of carbonyl (C=O) groups excluding carboxylic acids is 1. The number of hydrogen-bond donors (Lipinski definition) is 1. The van der Waals surface area contributed by atoms with Crippen LogP contribution in [0, 0.1) is 0 Å². The van der Waals surface area contributed by atoms with Crippen LogP contribution < -0.4 is 5.73 Å². The summed E-state index contributed by atoms with van der Waals surface area (Å²) in [5.74, 6) is -0.115. The number of fused-ring (bicyclic) bond motifs is 1. The summed E-state index contributed by atoms with van der Waals surface area (Å²) in [6, 6.07) is 0. The molecule has 2 aliphatic rings. The second-order valence-corrected chi connectivity index (χ2v) is 3.24. The first-order valence-electron chi connectivity index (χ1n) is 3.81. The average Bonchev–Trinajstić information content (AvgIpc) is 2.09. The van der Waals surface area contributed by atoms with Gasteiger partial charge in [0.05, 0.1) is 0 Å². The summed E-state index contributed by atoms with van der Waals surface area (Å²) in [5.41, 5.74) is 5.10. The molecule has 0 spiro atoms. The van der Waals surface area contributed by atoms with Gasteiger partial charge in [0.2, 0.25) is 5.91 Å². The van der Waals surface area contributed by atoms with Crippen molar-refractivity contribution in [2.45, 2.75) is 24.8 Å². The van der Waals surface area contributed by atoms with Crippen LogP contribution in [-0.2, 0) is 4.79 Å². The molecule has 3 nitrogen and oxygen atoms in total. The molecule has 1 amide bonds. The highest BCUT2D eigenvalue weighted by Crippen LogP contribution is 2.39. The van der Waals surface area contributed by atoms with Crippen molar-refractivity contribution in [2.24, 2.45) is 5.73 Å². The quantitative estimate of drug-likeness (QED) is 0.544. The molecule has 2 rings (SSSR count). The Kier molecular flexibility index (Phi) is 1.06. The van der Waals surface area contributed by atoms with E-state index in [0.717, 1.165) is 32.4 Å². The predicted molar refractivity (Wildman–Crippen MR) is 37.3 cm³/mol. The van der Waals surface area contributed by atoms with Crippen LogP contribution in [0.25, 0.3) is 0 Å². The van der Waals surface area contributed by atoms with Crippen molar-refractivity contribution in [2.75, 3.05) is 13.1 Å². The number of rotatable bonds is 1. The Labute approximate surface area is 60.2 Å². The van der Waals surface area contributed by atoms with Crippen molar-refractivity contribution in [1.29, 1.82) is 0 Å². The Morgan fingerprint density at radius 3 is 2.50 bits per heavy atom. The minimum atomic E-state index is -0.194. The molecule has 0 aromatic heterocycles. The number of hydrogen-bond acceptors (Lipinski definition) is 2. The molecule has 2 saturated heterocycles. The maximum absolute atomic E-state index is 11.0. The molecule has 0 radical (unpaired) electrons. The second-order valence-electron chi connectivity index (χ2n) is 3.24. The summed E-state index contributed by atoms with van der Waals surface area (Å²) in [6.07, 6.45) is 3.12. The molecule has 1 atom stereocenters. The van der Waals surface area contributed by atoms with E-state index in [2.05, 4.69) is 4.90 Å². The standard InChI is InChI=1S/C7H12N2O/c8-6(10)7-2-1-4-9(7)5-3-7/h1-5H2,(H2,8,10)/t7-/m1/s1. The van der Waals surface area contributed by atoms with Crippen LogP contribution in [-0.4, -0.2) is 29.4 Å². The van der Waals surface area contributed by atoms with E-state index in [-0.39, 0.29) is 11.4 Å². The van der Waals surface area contributed by atoms with Crippen LogP contribution in [0.5, 0.6) is 0 Å². The van der Waals surface area contributed by atoms with Crippen LogP contribution >= 0.6 is 0 Å². The maximum Gasteiger partial charge on any atom is 0.238 e. The molecule has 2 aliphatic heterocycles. The molecule has 2 N–H and O–H groups in total. The van der Waals surface area contributed by atoms with E-state index in [1.54, 1.807) is 0 Å². The van der Waals surface area contributed by atoms with Gasteiger partial charge in [-0.05, 0) is 25.8 Å². The van der Waals surface area contributed by atoms with Gasteiger partial charge in [-0.1, -0.05) is 0 Å². The molecule has 0 bridgehead atoms. The summed E-state index contributed by atoms with van der Waals surface area (Å²) in [6.45, 7) is 2.14. The molecule has 0 aliphatic carbocycles. The first-order chi connectivity index (χ1) is 4.76. The zero-order chi connectivity index (χ0) is 7.19. The lowest BCUT2D eigenvalue weighted by molar-refractivity contribution is -0.135. The minimum absolute atomic E-state index is 0.115. The van der Waals surface area contributed by atoms with Crippen molar-refractivity contribution < 1.29 is 4.79 Å². The van der Waals surface area contributed by atoms with Crippen LogP contribution in [0.3, 0.4) is 0 Å². The Bertz CT molecular complexity index is 180. The van der Waals surface area contributed by atoms with Gasteiger partial charge in [0.15, 0.2) is 0 Å². The van der Waals surface area contributed by atoms with Gasteiger partial charge in [0, 0.05) is 6.54 Å². The molecule has 3 heteroatoms. The van der Waals surface area contributed by atoms with Gasteiger partial charge in [-0.25, -0.2) is 0 Å². The van der Waals surface area contributed by atoms with E-state index < -0.39 is 0 Å². The van der Waals surface area contributed by atoms with Crippen LogP contribution in [0.1, 0.15) is 19.3 Å². The van der Waals surface area contributed by atoms with Gasteiger partial charge < -0.3 is 5.73 Å². The monoisotopic (exact) mass is 140 g/mol. The molecular weight excluding hydrogens is 128 g/mol. The lowest BCUT2D eigenvalue weighted by Gasteiger charge is -2.45. The van der Waals surface area contributed by atoms with Crippen molar-refractivity contribution >= 4 is 5.91 Å². The average molecular weight is 140 g/mol. The third-order valence-electron chi connectivity index (χ3n) is 2.88. The smallest absolute Gasteiger partial charge is 0.238 e. The maximum atomic E-state index is 11.0. The van der Waals surface area contributed by atoms with Gasteiger partial charge in [0.25, 0.3) is 0 Å². The number of carbonyl (C=O) groups is 1. The van der Waals surface area contributed by atoms with E-state index in [1.807, 2.05) is 0 Å². The zero-order valence-electron chi connectivity index (χ0n) is 5.97. The highest BCUT2D eigenvalue weighted by molar-refractivity contribution is 5.86. The van der Waals surface area contributed by atoms with Crippen molar-refractivity contribution in [1.82, 2.24) is 4.90 Å². The number of nitrogens with zero attached hydrogens (tertiary/aromatic N) is 1. The summed E-state index contributed by atoms with van der Waals surface area (Å²) in [4.78, 5) is 13.2. The fourth-order valence-electron chi connectivity index (χ4n) is 2.11. The lowest BCUT2D eigenvalue weighted by Crippen LogP contribution is -2.62. The first kappa shape index (κ1) is 6.16. The van der Waals surface area contributed by atoms with E-state index in [9.17, 15) is 4.79 Å². The molecule has 2 fully saturated rings. The third kappa shape index (κ3) is 0.515. The van der Waals surface area contributed by atoms with Crippen LogP contribution in [0.15, 0.2) is 0 Å². The molecule has 0 saturated carbocycles. The fraction of sp³-hybridized carbons (Fsp3) is 0.857. The van der Waals surface area contributed by atoms with Crippen LogP contribution in [0.2, 0.25) is 0 Å². The van der Waals surface area contributed by atoms with Gasteiger partial charge in [0.1, 0.15) is 5.54 Å². The van der Waals surface area contributed by atoms with E-state index in [0.29, 0.717) is 0 Å². The molecule has 10 heavy (non-hydrogen) atoms. The first-order valence-corrected chi connectivity index (χ1v) is 3.81. The second kappa shape index (κ2) is 1.72. The predicted octanol–water partition coefficient (Wildman–Crippen LogP) is -0.290. The Morgan fingerprint density at radius 1 is 1.40 bits per heavy atom. The SMILES string of the molecule is NC(=O)[C@]12CCCN1CC2. The summed E-state index contributed by atoms with van der Waals surface area (Å²) < 4.78 is 0. The van der Waals surface area contributed by atoms with E-state index in [4.69, 9.17) is 5.73 Å². The van der Waals surface area contributed by atoms with Crippen molar-refractivity contribution in [3.05, 3.63) is 0 Å². The number of nitrogens with two attached hydrogens (primary N) is 1. The minimum Gasteiger partial charge on any atom is -0.368 e. The zero-order valence-corrected chi connectivity index (χ0v) is 5.97. The largest absolute Gasteiger partial charge is 0.368 e. The summed E-state index contributed by atoms with van der Waals surface area (Å²) in [7, 11) is 0. The molecule has 56 valence electrons. The molecule has 0 unspecified atom stereocenters. The molecular formula is C7H12N2O. The van der Waals surface area contributed by atoms with E-state index >= 15 is 0 Å². The fourth-order valence-corrected chi connectivity index (χ4v) is 2.11. The third-order valence-corrected chi connectivity index (χ3v) is 2.88. The summed E-state index contributed by atoms with van der Waals surface area (Å²) in [5, 5.41) is 0. The van der Waals surface area contributed by atoms with E-state index in [1.165, 1.54) is 0 Å². The molecule has 0 aromatic rings. The van der Waals surface area contributed by atoms with Gasteiger partial charge >= 0.3 is 0 Å². The lowest BCUT2D eigenvalue weighted by atomic mass is 9.84. The summed E-state index contributed by atoms with van der Waals surface area (Å²) >= 11 is 0. The van der Waals surface area contributed by atoms with Gasteiger partial charge in [-0.3, -0.25) is 9.69 Å². The Balaban J connectivity index is 2.21. The molecule has 2 heterocycles. The Hall–Kier alpha value is -0.570. The van der Waals surface area contributed by atoms with Gasteiger partial charge in [-0.2, -0.15) is 0 Å². The normalized spacial score (nSPS) is 38.8. The number of primary amides is 1. The van der Waals surface area contributed by atoms with Crippen molar-refractivity contribution in [3.8, 4) is 0 Å².